The first-order valence-corrected chi connectivity index (χ1v) is 8.96. The van der Waals surface area contributed by atoms with Crippen molar-refractivity contribution < 1.29 is 18.4 Å². The molecule has 11 heteroatoms. The molecule has 0 saturated carbocycles. The van der Waals surface area contributed by atoms with Crippen LogP contribution in [0.5, 0.6) is 11.6 Å². The fourth-order valence-corrected chi connectivity index (χ4v) is 2.55. The minimum atomic E-state index is -0.683. The minimum absolute atomic E-state index is 0.0628. The Morgan fingerprint density at radius 2 is 2.03 bits per heavy atom. The molecule has 3 heterocycles. The summed E-state index contributed by atoms with van der Waals surface area (Å²) in [5, 5.41) is 16.0. The van der Waals surface area contributed by atoms with Crippen LogP contribution in [-0.2, 0) is 5.41 Å². The number of H-pyrrole nitrogens is 1. The Hall–Kier alpha value is -4.02. The Morgan fingerprint density at radius 3 is 2.77 bits per heavy atom. The van der Waals surface area contributed by atoms with E-state index in [-0.39, 0.29) is 28.6 Å². The number of urea groups is 1. The van der Waals surface area contributed by atoms with Crippen molar-refractivity contribution in [3.63, 3.8) is 0 Å². The van der Waals surface area contributed by atoms with Crippen molar-refractivity contribution in [2.45, 2.75) is 26.2 Å². The van der Waals surface area contributed by atoms with Crippen LogP contribution in [-0.4, -0.2) is 31.4 Å². The van der Waals surface area contributed by atoms with E-state index in [2.05, 4.69) is 36.0 Å². The molecule has 4 rings (SSSR count). The summed E-state index contributed by atoms with van der Waals surface area (Å²) in [4.78, 5) is 20.1. The number of carbonyl (C=O) groups excluding carboxylic acids is 1. The van der Waals surface area contributed by atoms with E-state index in [0.29, 0.717) is 16.7 Å². The number of nitrogens with zero attached hydrogens (tertiary/aromatic N) is 4. The van der Waals surface area contributed by atoms with Crippen LogP contribution >= 0.6 is 0 Å². The standard InChI is InChI=1S/C19H18FN7O3/c1-19(2,3)14-7-15(30-27-14)25-18(28)24-10-4-5-13(12(20)6-10)29-17-11-8-23-26-16(11)21-9-22-17/h4-9H,1-3H3,(H2,24,25,28)(H,21,22,23,26). The molecule has 3 N–H and O–H groups in total. The van der Waals surface area contributed by atoms with Gasteiger partial charge in [-0.2, -0.15) is 5.10 Å². The van der Waals surface area contributed by atoms with Crippen LogP contribution in [0.15, 0.2) is 41.3 Å². The molecule has 30 heavy (non-hydrogen) atoms. The fourth-order valence-electron chi connectivity index (χ4n) is 2.55. The van der Waals surface area contributed by atoms with Gasteiger partial charge in [-0.25, -0.2) is 19.2 Å². The van der Waals surface area contributed by atoms with Gasteiger partial charge in [0.25, 0.3) is 0 Å². The van der Waals surface area contributed by atoms with Crippen molar-refractivity contribution >= 4 is 28.6 Å². The predicted molar refractivity (Wildman–Crippen MR) is 106 cm³/mol. The summed E-state index contributed by atoms with van der Waals surface area (Å²) in [6.07, 6.45) is 2.76. The Bertz CT molecular complexity index is 1210. The van der Waals surface area contributed by atoms with E-state index in [1.807, 2.05) is 20.8 Å². The molecule has 154 valence electrons. The van der Waals surface area contributed by atoms with E-state index in [1.54, 1.807) is 6.07 Å². The molecular weight excluding hydrogens is 393 g/mol. The third-order valence-corrected chi connectivity index (χ3v) is 4.12. The highest BCUT2D eigenvalue weighted by atomic mass is 19.1. The Kier molecular flexibility index (Phi) is 4.78. The van der Waals surface area contributed by atoms with Gasteiger partial charge in [-0.15, -0.1) is 0 Å². The molecule has 10 nitrogen and oxygen atoms in total. The smallest absolute Gasteiger partial charge is 0.326 e. The third-order valence-electron chi connectivity index (χ3n) is 4.12. The first-order valence-electron chi connectivity index (χ1n) is 8.96. The average molecular weight is 411 g/mol. The van der Waals surface area contributed by atoms with Crippen LogP contribution in [0.4, 0.5) is 20.8 Å². The lowest BCUT2D eigenvalue weighted by molar-refractivity contribution is 0.261. The maximum Gasteiger partial charge on any atom is 0.326 e. The van der Waals surface area contributed by atoms with Gasteiger partial charge in [-0.1, -0.05) is 25.9 Å². The molecule has 3 aromatic heterocycles. The summed E-state index contributed by atoms with van der Waals surface area (Å²) in [5.74, 6) is -0.401. The number of ether oxygens (including phenoxy) is 1. The lowest BCUT2D eigenvalue weighted by atomic mass is 9.92. The molecule has 0 bridgehead atoms. The van der Waals surface area contributed by atoms with Crippen LogP contribution in [0.25, 0.3) is 11.0 Å². The number of nitrogens with one attached hydrogen (secondary N) is 3. The van der Waals surface area contributed by atoms with Crippen molar-refractivity contribution in [2.75, 3.05) is 10.6 Å². The largest absolute Gasteiger partial charge is 0.435 e. The molecule has 0 aliphatic heterocycles. The lowest BCUT2D eigenvalue weighted by Gasteiger charge is -2.12. The van der Waals surface area contributed by atoms with E-state index >= 15 is 0 Å². The normalized spacial score (nSPS) is 11.5. The van der Waals surface area contributed by atoms with Crippen molar-refractivity contribution in [1.29, 1.82) is 0 Å². The Labute approximate surface area is 169 Å². The molecule has 0 fully saturated rings. The van der Waals surface area contributed by atoms with Crippen LogP contribution in [0.1, 0.15) is 26.5 Å². The molecule has 1 aromatic carbocycles. The molecule has 0 aliphatic carbocycles. The van der Waals surface area contributed by atoms with Gasteiger partial charge in [0.2, 0.25) is 11.8 Å². The molecule has 4 aromatic rings. The zero-order valence-electron chi connectivity index (χ0n) is 16.4. The number of amides is 2. The zero-order chi connectivity index (χ0) is 21.3. The molecule has 0 saturated heterocycles. The summed E-state index contributed by atoms with van der Waals surface area (Å²) in [6, 6.07) is 5.03. The van der Waals surface area contributed by atoms with Crippen LogP contribution in [0, 0.1) is 5.82 Å². The number of halogens is 1. The molecule has 0 unspecified atom stereocenters. The van der Waals surface area contributed by atoms with Crippen LogP contribution in [0.2, 0.25) is 0 Å². The number of hydrogen-bond acceptors (Lipinski definition) is 7. The monoisotopic (exact) mass is 411 g/mol. The van der Waals surface area contributed by atoms with E-state index in [4.69, 9.17) is 9.26 Å². The molecule has 0 spiro atoms. The van der Waals surface area contributed by atoms with E-state index < -0.39 is 11.8 Å². The van der Waals surface area contributed by atoms with Crippen LogP contribution in [0.3, 0.4) is 0 Å². The summed E-state index contributed by atoms with van der Waals surface area (Å²) in [7, 11) is 0. The summed E-state index contributed by atoms with van der Waals surface area (Å²) in [6.45, 7) is 5.92. The number of fused-ring (bicyclic) bond motifs is 1. The second kappa shape index (κ2) is 7.43. The van der Waals surface area contributed by atoms with Crippen molar-refractivity contribution in [3.8, 4) is 11.6 Å². The molecular formula is C19H18FN7O3. The van der Waals surface area contributed by atoms with Crippen LogP contribution < -0.4 is 15.4 Å². The SMILES string of the molecule is CC(C)(C)c1cc(NC(=O)Nc2ccc(Oc3ncnc4[nH]ncc34)c(F)c2)on1. The van der Waals surface area contributed by atoms with Gasteiger partial charge < -0.3 is 14.6 Å². The highest BCUT2D eigenvalue weighted by Gasteiger charge is 2.20. The number of aromatic amines is 1. The molecule has 0 atom stereocenters. The highest BCUT2D eigenvalue weighted by Crippen LogP contribution is 2.29. The lowest BCUT2D eigenvalue weighted by Crippen LogP contribution is -2.19. The zero-order valence-corrected chi connectivity index (χ0v) is 16.4. The molecule has 0 radical (unpaired) electrons. The number of benzene rings is 1. The first kappa shape index (κ1) is 19.3. The highest BCUT2D eigenvalue weighted by molar-refractivity contribution is 5.98. The Morgan fingerprint density at radius 1 is 1.20 bits per heavy atom. The predicted octanol–water partition coefficient (Wildman–Crippen LogP) is 4.21. The number of carbonyl (C=O) groups is 1. The average Bonchev–Trinajstić information content (AvgIpc) is 3.33. The van der Waals surface area contributed by atoms with Gasteiger partial charge in [-0.3, -0.25) is 10.4 Å². The van der Waals surface area contributed by atoms with Crippen molar-refractivity contribution in [1.82, 2.24) is 25.3 Å². The minimum Gasteiger partial charge on any atom is -0.435 e. The number of aromatic nitrogens is 5. The van der Waals surface area contributed by atoms with Gasteiger partial charge in [0, 0.05) is 23.2 Å². The van der Waals surface area contributed by atoms with Crippen molar-refractivity contribution in [2.24, 2.45) is 0 Å². The van der Waals surface area contributed by atoms with E-state index in [1.165, 1.54) is 24.7 Å². The number of anilines is 2. The first-order chi connectivity index (χ1) is 14.3. The topological polar surface area (TPSA) is 131 Å². The summed E-state index contributed by atoms with van der Waals surface area (Å²) in [5.41, 5.74) is 1.17. The fraction of sp³-hybridized carbons (Fsp3) is 0.211. The van der Waals surface area contributed by atoms with E-state index in [9.17, 15) is 9.18 Å². The Balaban J connectivity index is 1.43. The number of rotatable bonds is 4. The van der Waals surface area contributed by atoms with Gasteiger partial charge in [0.05, 0.1) is 11.9 Å². The summed E-state index contributed by atoms with van der Waals surface area (Å²) >= 11 is 0. The third kappa shape index (κ3) is 4.04. The summed E-state index contributed by atoms with van der Waals surface area (Å²) < 4.78 is 25.1. The number of hydrogen-bond donors (Lipinski definition) is 3. The second-order valence-electron chi connectivity index (χ2n) is 7.46. The van der Waals surface area contributed by atoms with Gasteiger partial charge in [0.1, 0.15) is 11.7 Å². The molecule has 0 aliphatic rings. The van der Waals surface area contributed by atoms with Gasteiger partial charge >= 0.3 is 6.03 Å². The second-order valence-corrected chi connectivity index (χ2v) is 7.46. The van der Waals surface area contributed by atoms with Gasteiger partial charge in [0.15, 0.2) is 17.2 Å². The molecule has 2 amide bonds. The maximum absolute atomic E-state index is 14.5. The van der Waals surface area contributed by atoms with E-state index in [0.717, 1.165) is 6.07 Å². The van der Waals surface area contributed by atoms with Crippen molar-refractivity contribution in [3.05, 3.63) is 48.3 Å². The van der Waals surface area contributed by atoms with Gasteiger partial charge in [-0.05, 0) is 12.1 Å². The quantitative estimate of drug-likeness (QED) is 0.458. The maximum atomic E-state index is 14.5.